The summed E-state index contributed by atoms with van der Waals surface area (Å²) in [5, 5.41) is 0.448. The van der Waals surface area contributed by atoms with Crippen LogP contribution >= 0.6 is 23.4 Å². The Labute approximate surface area is 133 Å². The van der Waals surface area contributed by atoms with E-state index >= 15 is 0 Å². The second-order valence-corrected chi connectivity index (χ2v) is 6.01. The number of hydrogen-bond acceptors (Lipinski definition) is 4. The molecule has 0 aliphatic carbocycles. The van der Waals surface area contributed by atoms with Gasteiger partial charge in [0.15, 0.2) is 0 Å². The van der Waals surface area contributed by atoms with E-state index in [1.807, 2.05) is 31.2 Å². The molecule has 0 aromatic heterocycles. The standard InChI is InChI=1S/C16H16ClNO2S/c1-3-20-16(19)13-8-11(18)9-14(17)15(13)21-12-6-4-10(2)5-7-12/h4-9H,3,18H2,1-2H3. The number of hydrogen-bond donors (Lipinski definition) is 1. The molecular weight excluding hydrogens is 306 g/mol. The van der Waals surface area contributed by atoms with E-state index in [-0.39, 0.29) is 0 Å². The summed E-state index contributed by atoms with van der Waals surface area (Å²) in [7, 11) is 0. The number of halogens is 1. The Kier molecular flexibility index (Phi) is 5.15. The average molecular weight is 322 g/mol. The maximum Gasteiger partial charge on any atom is 0.339 e. The Morgan fingerprint density at radius 1 is 1.29 bits per heavy atom. The second-order valence-electron chi connectivity index (χ2n) is 4.51. The first kappa shape index (κ1) is 15.7. The molecule has 0 fully saturated rings. The Morgan fingerprint density at radius 2 is 1.95 bits per heavy atom. The third-order valence-corrected chi connectivity index (χ3v) is 4.36. The fourth-order valence-corrected chi connectivity index (χ4v) is 3.06. The molecule has 0 bridgehead atoms. The molecule has 2 aromatic rings. The minimum atomic E-state index is -0.415. The van der Waals surface area contributed by atoms with Gasteiger partial charge in [0.25, 0.3) is 0 Å². The van der Waals surface area contributed by atoms with Gasteiger partial charge in [-0.3, -0.25) is 0 Å². The summed E-state index contributed by atoms with van der Waals surface area (Å²) >= 11 is 7.68. The van der Waals surface area contributed by atoms with Crippen molar-refractivity contribution in [3.63, 3.8) is 0 Å². The molecule has 0 saturated heterocycles. The topological polar surface area (TPSA) is 52.3 Å². The molecule has 5 heteroatoms. The van der Waals surface area contributed by atoms with Crippen LogP contribution < -0.4 is 5.73 Å². The number of benzene rings is 2. The number of rotatable bonds is 4. The molecule has 0 amide bonds. The SMILES string of the molecule is CCOC(=O)c1cc(N)cc(Cl)c1Sc1ccc(C)cc1. The van der Waals surface area contributed by atoms with Crippen molar-refractivity contribution in [1.29, 1.82) is 0 Å². The monoisotopic (exact) mass is 321 g/mol. The molecule has 0 saturated carbocycles. The minimum absolute atomic E-state index is 0.305. The van der Waals surface area contributed by atoms with Gasteiger partial charge in [-0.1, -0.05) is 41.1 Å². The van der Waals surface area contributed by atoms with E-state index in [0.717, 1.165) is 4.90 Å². The summed E-state index contributed by atoms with van der Waals surface area (Å²) in [6.07, 6.45) is 0. The first-order valence-electron chi connectivity index (χ1n) is 6.52. The van der Waals surface area contributed by atoms with Crippen molar-refractivity contribution in [3.05, 3.63) is 52.5 Å². The molecule has 0 unspecified atom stereocenters. The molecule has 0 radical (unpaired) electrons. The number of aryl methyl sites for hydroxylation is 1. The number of carbonyl (C=O) groups is 1. The van der Waals surface area contributed by atoms with Crippen LogP contribution in [0.3, 0.4) is 0 Å². The third-order valence-electron chi connectivity index (χ3n) is 2.80. The molecule has 0 spiro atoms. The molecular formula is C16H16ClNO2S. The fraction of sp³-hybridized carbons (Fsp3) is 0.188. The Balaban J connectivity index is 2.41. The van der Waals surface area contributed by atoms with Crippen molar-refractivity contribution in [2.24, 2.45) is 0 Å². The summed E-state index contributed by atoms with van der Waals surface area (Å²) in [4.78, 5) is 13.7. The van der Waals surface area contributed by atoms with Gasteiger partial charge in [-0.2, -0.15) is 0 Å². The van der Waals surface area contributed by atoms with Gasteiger partial charge < -0.3 is 10.5 Å². The molecule has 0 atom stereocenters. The highest BCUT2D eigenvalue weighted by atomic mass is 35.5. The van der Waals surface area contributed by atoms with Crippen molar-refractivity contribution in [2.45, 2.75) is 23.6 Å². The number of anilines is 1. The number of nitrogen functional groups attached to an aromatic ring is 1. The molecule has 0 aliphatic rings. The molecule has 2 aromatic carbocycles. The summed E-state index contributed by atoms with van der Waals surface area (Å²) in [5.41, 5.74) is 7.79. The molecule has 110 valence electrons. The Bertz CT molecular complexity index is 656. The number of carbonyl (C=O) groups excluding carboxylic acids is 1. The van der Waals surface area contributed by atoms with Crippen molar-refractivity contribution in [1.82, 2.24) is 0 Å². The molecule has 2 rings (SSSR count). The third kappa shape index (κ3) is 3.93. The van der Waals surface area contributed by atoms with E-state index in [9.17, 15) is 4.79 Å². The van der Waals surface area contributed by atoms with Crippen LogP contribution in [0, 0.1) is 6.92 Å². The van der Waals surface area contributed by atoms with Gasteiger partial charge in [0.2, 0.25) is 0 Å². The highest BCUT2D eigenvalue weighted by Gasteiger charge is 2.17. The van der Waals surface area contributed by atoms with Crippen LogP contribution in [0.2, 0.25) is 5.02 Å². The van der Waals surface area contributed by atoms with E-state index < -0.39 is 5.97 Å². The van der Waals surface area contributed by atoms with Crippen LogP contribution in [0.25, 0.3) is 0 Å². The Hall–Kier alpha value is -1.65. The van der Waals surface area contributed by atoms with Crippen molar-refractivity contribution >= 4 is 35.0 Å². The normalized spacial score (nSPS) is 10.4. The lowest BCUT2D eigenvalue weighted by Crippen LogP contribution is -2.07. The smallest absolute Gasteiger partial charge is 0.339 e. The minimum Gasteiger partial charge on any atom is -0.462 e. The maximum atomic E-state index is 12.1. The van der Waals surface area contributed by atoms with Gasteiger partial charge in [0.05, 0.1) is 17.2 Å². The van der Waals surface area contributed by atoms with Crippen LogP contribution in [0.1, 0.15) is 22.8 Å². The van der Waals surface area contributed by atoms with E-state index in [4.69, 9.17) is 22.1 Å². The van der Waals surface area contributed by atoms with Crippen LogP contribution in [-0.4, -0.2) is 12.6 Å². The lowest BCUT2D eigenvalue weighted by atomic mass is 10.2. The van der Waals surface area contributed by atoms with Crippen LogP contribution in [0.5, 0.6) is 0 Å². The quantitative estimate of drug-likeness (QED) is 0.662. The van der Waals surface area contributed by atoms with E-state index in [0.29, 0.717) is 27.8 Å². The summed E-state index contributed by atoms with van der Waals surface area (Å²) in [6.45, 7) is 4.09. The zero-order valence-electron chi connectivity index (χ0n) is 11.9. The second kappa shape index (κ2) is 6.87. The summed E-state index contributed by atoms with van der Waals surface area (Å²) in [6, 6.07) is 11.2. The predicted octanol–water partition coefficient (Wildman–Crippen LogP) is 4.56. The first-order valence-corrected chi connectivity index (χ1v) is 7.71. The zero-order chi connectivity index (χ0) is 15.4. The van der Waals surface area contributed by atoms with E-state index in [2.05, 4.69) is 0 Å². The van der Waals surface area contributed by atoms with E-state index in [1.54, 1.807) is 19.1 Å². The first-order chi connectivity index (χ1) is 10.0. The van der Waals surface area contributed by atoms with Crippen LogP contribution in [-0.2, 0) is 4.74 Å². The summed E-state index contributed by atoms with van der Waals surface area (Å²) in [5.74, 6) is -0.415. The maximum absolute atomic E-state index is 12.1. The lowest BCUT2D eigenvalue weighted by molar-refractivity contribution is 0.0522. The van der Waals surface area contributed by atoms with Crippen LogP contribution in [0.15, 0.2) is 46.2 Å². The van der Waals surface area contributed by atoms with Gasteiger partial charge in [-0.05, 0) is 38.1 Å². The largest absolute Gasteiger partial charge is 0.462 e. The van der Waals surface area contributed by atoms with Crippen molar-refractivity contribution in [2.75, 3.05) is 12.3 Å². The number of nitrogens with two attached hydrogens (primary N) is 1. The lowest BCUT2D eigenvalue weighted by Gasteiger charge is -2.12. The average Bonchev–Trinajstić information content (AvgIpc) is 2.44. The highest BCUT2D eigenvalue weighted by Crippen LogP contribution is 2.38. The molecule has 2 N–H and O–H groups in total. The molecule has 21 heavy (non-hydrogen) atoms. The molecule has 0 heterocycles. The number of ether oxygens (including phenoxy) is 1. The van der Waals surface area contributed by atoms with Crippen molar-refractivity contribution in [3.8, 4) is 0 Å². The fourth-order valence-electron chi connectivity index (χ4n) is 1.80. The van der Waals surface area contributed by atoms with E-state index in [1.165, 1.54) is 17.3 Å². The van der Waals surface area contributed by atoms with Gasteiger partial charge in [-0.25, -0.2) is 4.79 Å². The van der Waals surface area contributed by atoms with Gasteiger partial charge in [-0.15, -0.1) is 0 Å². The highest BCUT2D eigenvalue weighted by molar-refractivity contribution is 7.99. The predicted molar refractivity (Wildman–Crippen MR) is 87.1 cm³/mol. The van der Waals surface area contributed by atoms with Gasteiger partial charge in [0, 0.05) is 15.5 Å². The molecule has 3 nitrogen and oxygen atoms in total. The molecule has 0 aliphatic heterocycles. The van der Waals surface area contributed by atoms with Gasteiger partial charge in [0.1, 0.15) is 0 Å². The summed E-state index contributed by atoms with van der Waals surface area (Å²) < 4.78 is 5.07. The Morgan fingerprint density at radius 3 is 2.57 bits per heavy atom. The zero-order valence-corrected chi connectivity index (χ0v) is 13.4. The van der Waals surface area contributed by atoms with Crippen molar-refractivity contribution < 1.29 is 9.53 Å². The van der Waals surface area contributed by atoms with Crippen LogP contribution in [0.4, 0.5) is 5.69 Å². The number of esters is 1. The van der Waals surface area contributed by atoms with Gasteiger partial charge >= 0.3 is 5.97 Å².